The summed E-state index contributed by atoms with van der Waals surface area (Å²) >= 11 is 0. The van der Waals surface area contributed by atoms with Crippen LogP contribution >= 0.6 is 0 Å². The van der Waals surface area contributed by atoms with E-state index in [0.29, 0.717) is 18.3 Å². The van der Waals surface area contributed by atoms with Crippen molar-refractivity contribution in [3.8, 4) is 0 Å². The summed E-state index contributed by atoms with van der Waals surface area (Å²) in [6.07, 6.45) is 3.25. The van der Waals surface area contributed by atoms with E-state index in [2.05, 4.69) is 32.7 Å². The van der Waals surface area contributed by atoms with Gasteiger partial charge in [0.05, 0.1) is 0 Å². The SMILES string of the molecule is CCCCOCCCNC(=NCc1nc(C)no1)NCC. The van der Waals surface area contributed by atoms with Crippen LogP contribution in [0.1, 0.15) is 44.8 Å². The summed E-state index contributed by atoms with van der Waals surface area (Å²) in [6.45, 7) is 9.61. The number of aliphatic imine (C=N–C) groups is 1. The van der Waals surface area contributed by atoms with Gasteiger partial charge in [-0.05, 0) is 26.7 Å². The van der Waals surface area contributed by atoms with E-state index < -0.39 is 0 Å². The molecule has 21 heavy (non-hydrogen) atoms. The number of hydrogen-bond donors (Lipinski definition) is 2. The van der Waals surface area contributed by atoms with Crippen molar-refractivity contribution in [1.29, 1.82) is 0 Å². The first-order valence-electron chi connectivity index (χ1n) is 7.65. The van der Waals surface area contributed by atoms with Gasteiger partial charge in [0.15, 0.2) is 11.8 Å². The van der Waals surface area contributed by atoms with Crippen LogP contribution in [0.5, 0.6) is 0 Å². The van der Waals surface area contributed by atoms with E-state index in [0.717, 1.165) is 45.1 Å². The van der Waals surface area contributed by atoms with Gasteiger partial charge in [0.2, 0.25) is 5.89 Å². The Labute approximate surface area is 126 Å². The van der Waals surface area contributed by atoms with Gasteiger partial charge in [-0.25, -0.2) is 4.99 Å². The molecule has 0 bridgehead atoms. The van der Waals surface area contributed by atoms with Crippen LogP contribution in [0.4, 0.5) is 0 Å². The van der Waals surface area contributed by atoms with Crippen LogP contribution in [-0.4, -0.2) is 42.4 Å². The fourth-order valence-corrected chi connectivity index (χ4v) is 1.62. The minimum Gasteiger partial charge on any atom is -0.381 e. The van der Waals surface area contributed by atoms with Crippen LogP contribution in [0.3, 0.4) is 0 Å². The number of hydrogen-bond acceptors (Lipinski definition) is 5. The standard InChI is InChI=1S/C14H27N5O2/c1-4-6-9-20-10-7-8-16-14(15-5-2)17-11-13-18-12(3)19-21-13/h4-11H2,1-3H3,(H2,15,16,17). The lowest BCUT2D eigenvalue weighted by Gasteiger charge is -2.10. The fraction of sp³-hybridized carbons (Fsp3) is 0.786. The second-order valence-electron chi connectivity index (χ2n) is 4.68. The molecule has 7 heteroatoms. The first kappa shape index (κ1) is 17.4. The Hall–Kier alpha value is -1.63. The maximum atomic E-state index is 5.51. The van der Waals surface area contributed by atoms with E-state index in [4.69, 9.17) is 9.26 Å². The quantitative estimate of drug-likeness (QED) is 0.388. The van der Waals surface area contributed by atoms with E-state index in [1.165, 1.54) is 6.42 Å². The number of nitrogens with zero attached hydrogens (tertiary/aromatic N) is 3. The number of ether oxygens (including phenoxy) is 1. The lowest BCUT2D eigenvalue weighted by molar-refractivity contribution is 0.129. The highest BCUT2D eigenvalue weighted by atomic mass is 16.5. The molecule has 1 aromatic heterocycles. The smallest absolute Gasteiger partial charge is 0.248 e. The third-order valence-corrected chi connectivity index (χ3v) is 2.69. The molecule has 1 aromatic rings. The molecule has 0 aliphatic heterocycles. The molecule has 0 radical (unpaired) electrons. The number of aryl methyl sites for hydroxylation is 1. The zero-order valence-electron chi connectivity index (χ0n) is 13.3. The first-order valence-corrected chi connectivity index (χ1v) is 7.65. The predicted molar refractivity (Wildman–Crippen MR) is 82.2 cm³/mol. The second kappa shape index (κ2) is 11.1. The molecule has 0 unspecified atom stereocenters. The number of nitrogens with one attached hydrogen (secondary N) is 2. The monoisotopic (exact) mass is 297 g/mol. The van der Waals surface area contributed by atoms with Crippen LogP contribution in [0.2, 0.25) is 0 Å². The lowest BCUT2D eigenvalue weighted by atomic mass is 10.4. The van der Waals surface area contributed by atoms with Crippen molar-refractivity contribution in [2.24, 2.45) is 4.99 Å². The molecule has 0 spiro atoms. The first-order chi connectivity index (χ1) is 10.3. The lowest BCUT2D eigenvalue weighted by Crippen LogP contribution is -2.38. The van der Waals surface area contributed by atoms with Crippen molar-refractivity contribution >= 4 is 5.96 Å². The molecule has 0 atom stereocenters. The molecule has 7 nitrogen and oxygen atoms in total. The van der Waals surface area contributed by atoms with E-state index in [1.807, 2.05) is 6.92 Å². The van der Waals surface area contributed by atoms with Gasteiger partial charge in [-0.15, -0.1) is 0 Å². The van der Waals surface area contributed by atoms with E-state index in [1.54, 1.807) is 6.92 Å². The maximum Gasteiger partial charge on any atom is 0.248 e. The summed E-state index contributed by atoms with van der Waals surface area (Å²) in [5, 5.41) is 10.2. The number of unbranched alkanes of at least 4 members (excludes halogenated alkanes) is 1. The van der Waals surface area contributed by atoms with E-state index >= 15 is 0 Å². The highest BCUT2D eigenvalue weighted by molar-refractivity contribution is 5.79. The summed E-state index contributed by atoms with van der Waals surface area (Å²) in [4.78, 5) is 8.52. The Balaban J connectivity index is 2.22. The maximum absolute atomic E-state index is 5.51. The molecule has 1 rings (SSSR count). The van der Waals surface area contributed by atoms with Crippen molar-refractivity contribution in [3.63, 3.8) is 0 Å². The summed E-state index contributed by atoms with van der Waals surface area (Å²) in [5.41, 5.74) is 0. The van der Waals surface area contributed by atoms with Crippen LogP contribution in [0.25, 0.3) is 0 Å². The molecular formula is C14H27N5O2. The van der Waals surface area contributed by atoms with Gasteiger partial charge in [0, 0.05) is 26.3 Å². The average molecular weight is 297 g/mol. The van der Waals surface area contributed by atoms with Crippen molar-refractivity contribution in [1.82, 2.24) is 20.8 Å². The molecule has 1 heterocycles. The number of rotatable bonds is 10. The zero-order chi connectivity index (χ0) is 15.3. The average Bonchev–Trinajstić information content (AvgIpc) is 2.89. The van der Waals surface area contributed by atoms with Crippen molar-refractivity contribution in [2.75, 3.05) is 26.3 Å². The molecule has 0 fully saturated rings. The highest BCUT2D eigenvalue weighted by Crippen LogP contribution is 1.97. The predicted octanol–water partition coefficient (Wildman–Crippen LogP) is 1.64. The third kappa shape index (κ3) is 8.29. The molecular weight excluding hydrogens is 270 g/mol. The molecule has 0 aliphatic rings. The van der Waals surface area contributed by atoms with Crippen LogP contribution in [0, 0.1) is 6.92 Å². The summed E-state index contributed by atoms with van der Waals surface area (Å²) < 4.78 is 10.5. The Bertz CT molecular complexity index is 406. The van der Waals surface area contributed by atoms with Gasteiger partial charge >= 0.3 is 0 Å². The normalized spacial score (nSPS) is 11.7. The fourth-order valence-electron chi connectivity index (χ4n) is 1.62. The summed E-state index contributed by atoms with van der Waals surface area (Å²) in [5.74, 6) is 1.90. The molecule has 0 amide bonds. The number of guanidine groups is 1. The van der Waals surface area contributed by atoms with E-state index in [9.17, 15) is 0 Å². The van der Waals surface area contributed by atoms with Crippen LogP contribution < -0.4 is 10.6 Å². The molecule has 0 aliphatic carbocycles. The van der Waals surface area contributed by atoms with Gasteiger partial charge in [0.25, 0.3) is 0 Å². The molecule has 0 saturated heterocycles. The minimum absolute atomic E-state index is 0.378. The largest absolute Gasteiger partial charge is 0.381 e. The van der Waals surface area contributed by atoms with Gasteiger partial charge in [0.1, 0.15) is 6.54 Å². The molecule has 2 N–H and O–H groups in total. The topological polar surface area (TPSA) is 84.6 Å². The third-order valence-electron chi connectivity index (χ3n) is 2.69. The molecule has 120 valence electrons. The van der Waals surface area contributed by atoms with Crippen molar-refractivity contribution < 1.29 is 9.26 Å². The summed E-state index contributed by atoms with van der Waals surface area (Å²) in [6, 6.07) is 0. The minimum atomic E-state index is 0.378. The second-order valence-corrected chi connectivity index (χ2v) is 4.68. The molecule has 0 aromatic carbocycles. The van der Waals surface area contributed by atoms with Crippen LogP contribution in [-0.2, 0) is 11.3 Å². The highest BCUT2D eigenvalue weighted by Gasteiger charge is 2.02. The van der Waals surface area contributed by atoms with Crippen molar-refractivity contribution in [2.45, 2.75) is 46.6 Å². The Morgan fingerprint density at radius 1 is 1.24 bits per heavy atom. The Kier molecular flexibility index (Phi) is 9.19. The van der Waals surface area contributed by atoms with Crippen molar-refractivity contribution in [3.05, 3.63) is 11.7 Å². The molecule has 0 saturated carbocycles. The van der Waals surface area contributed by atoms with E-state index in [-0.39, 0.29) is 0 Å². The van der Waals surface area contributed by atoms with Crippen LogP contribution in [0.15, 0.2) is 9.52 Å². The summed E-state index contributed by atoms with van der Waals surface area (Å²) in [7, 11) is 0. The Morgan fingerprint density at radius 3 is 2.71 bits per heavy atom. The van der Waals surface area contributed by atoms with Gasteiger partial charge in [-0.3, -0.25) is 0 Å². The zero-order valence-corrected chi connectivity index (χ0v) is 13.3. The van der Waals surface area contributed by atoms with Gasteiger partial charge < -0.3 is 19.9 Å². The Morgan fingerprint density at radius 2 is 2.05 bits per heavy atom. The van der Waals surface area contributed by atoms with Gasteiger partial charge in [-0.1, -0.05) is 18.5 Å². The van der Waals surface area contributed by atoms with Gasteiger partial charge in [-0.2, -0.15) is 4.98 Å². The number of aromatic nitrogens is 2.